The predicted octanol–water partition coefficient (Wildman–Crippen LogP) is 1.28. The molecule has 3 heterocycles. The second kappa shape index (κ2) is 7.54. The number of hydrogen-bond donors (Lipinski definition) is 0. The molecule has 3 saturated heterocycles. The fourth-order valence-electron chi connectivity index (χ4n) is 4.74. The summed E-state index contributed by atoms with van der Waals surface area (Å²) < 4.78 is 5.38. The highest BCUT2D eigenvalue weighted by Gasteiger charge is 2.51. The summed E-state index contributed by atoms with van der Waals surface area (Å²) >= 11 is 0. The van der Waals surface area contributed by atoms with Crippen molar-refractivity contribution in [1.82, 2.24) is 9.80 Å². The fourth-order valence-corrected chi connectivity index (χ4v) is 4.74. The van der Waals surface area contributed by atoms with E-state index in [1.54, 1.807) is 9.80 Å². The molecule has 3 fully saturated rings. The van der Waals surface area contributed by atoms with E-state index in [9.17, 15) is 14.4 Å². The number of carbonyl (C=O) groups excluding carboxylic acids is 3. The number of piperazine rings is 1. The Morgan fingerprint density at radius 1 is 1.11 bits per heavy atom. The van der Waals surface area contributed by atoms with Crippen molar-refractivity contribution in [3.8, 4) is 0 Å². The average Bonchev–Trinajstić information content (AvgIpc) is 3.14. The van der Waals surface area contributed by atoms with Gasteiger partial charge in [-0.3, -0.25) is 14.4 Å². The first-order chi connectivity index (χ1) is 13.5. The van der Waals surface area contributed by atoms with Crippen LogP contribution in [0.2, 0.25) is 0 Å². The van der Waals surface area contributed by atoms with E-state index in [0.29, 0.717) is 39.3 Å². The molecule has 4 rings (SSSR count). The van der Waals surface area contributed by atoms with Gasteiger partial charge in [-0.2, -0.15) is 0 Å². The molecule has 0 N–H and O–H groups in total. The highest BCUT2D eigenvalue weighted by molar-refractivity contribution is 5.98. The molecule has 3 amide bonds. The third-order valence-electron chi connectivity index (χ3n) is 6.28. The normalized spacial score (nSPS) is 26.2. The Hall–Kier alpha value is -2.41. The molecule has 28 heavy (non-hydrogen) atoms. The first kappa shape index (κ1) is 18.9. The lowest BCUT2D eigenvalue weighted by Gasteiger charge is -2.48. The van der Waals surface area contributed by atoms with E-state index in [1.807, 2.05) is 35.2 Å². The summed E-state index contributed by atoms with van der Waals surface area (Å²) in [6.45, 7) is 4.36. The average molecular weight is 385 g/mol. The zero-order valence-electron chi connectivity index (χ0n) is 16.3. The Balaban J connectivity index is 1.57. The number of nitrogens with zero attached hydrogens (tertiary/aromatic N) is 3. The second-order valence-electron chi connectivity index (χ2n) is 8.04. The highest BCUT2D eigenvalue weighted by atomic mass is 16.5. The van der Waals surface area contributed by atoms with Crippen molar-refractivity contribution >= 4 is 23.4 Å². The van der Waals surface area contributed by atoms with Crippen molar-refractivity contribution in [1.29, 1.82) is 0 Å². The summed E-state index contributed by atoms with van der Waals surface area (Å²) in [5.74, 6) is -0.0281. The first-order valence-corrected chi connectivity index (χ1v) is 10.0. The van der Waals surface area contributed by atoms with Crippen LogP contribution in [-0.2, 0) is 19.1 Å². The van der Waals surface area contributed by atoms with Crippen LogP contribution in [0.3, 0.4) is 0 Å². The van der Waals surface area contributed by atoms with Crippen molar-refractivity contribution in [2.24, 2.45) is 5.92 Å². The van der Waals surface area contributed by atoms with Gasteiger partial charge in [-0.25, -0.2) is 0 Å². The predicted molar refractivity (Wildman–Crippen MR) is 104 cm³/mol. The van der Waals surface area contributed by atoms with Gasteiger partial charge in [0.2, 0.25) is 17.7 Å². The molecule has 0 aromatic heterocycles. The van der Waals surface area contributed by atoms with E-state index in [2.05, 4.69) is 0 Å². The van der Waals surface area contributed by atoms with Crippen LogP contribution in [0.25, 0.3) is 0 Å². The number of anilines is 1. The smallest absolute Gasteiger partial charge is 0.246 e. The Morgan fingerprint density at radius 2 is 1.82 bits per heavy atom. The van der Waals surface area contributed by atoms with Gasteiger partial charge in [-0.05, 0) is 31.4 Å². The van der Waals surface area contributed by atoms with Gasteiger partial charge < -0.3 is 19.4 Å². The number of rotatable bonds is 2. The Morgan fingerprint density at radius 3 is 2.50 bits per heavy atom. The lowest BCUT2D eigenvalue weighted by Crippen LogP contribution is -2.67. The molecule has 1 aromatic carbocycles. The third-order valence-corrected chi connectivity index (χ3v) is 6.28. The number of para-hydroxylation sites is 1. The standard InChI is InChI=1S/C21H27N3O4/c1-16(25)24-13-19(26)23(18-5-3-2-4-6-18)15-21(24)9-10-22(14-21)20(27)17-7-11-28-12-8-17/h2-6,17H,7-15H2,1H3. The number of amides is 3. The van der Waals surface area contributed by atoms with E-state index in [0.717, 1.165) is 18.5 Å². The fraction of sp³-hybridized carbons (Fsp3) is 0.571. The van der Waals surface area contributed by atoms with Crippen molar-refractivity contribution in [2.75, 3.05) is 44.3 Å². The van der Waals surface area contributed by atoms with Gasteiger partial charge in [0.05, 0.1) is 12.1 Å². The highest BCUT2D eigenvalue weighted by Crippen LogP contribution is 2.35. The molecular weight excluding hydrogens is 358 g/mol. The molecule has 1 spiro atoms. The quantitative estimate of drug-likeness (QED) is 0.769. The minimum Gasteiger partial charge on any atom is -0.381 e. The summed E-state index contributed by atoms with van der Waals surface area (Å²) in [6.07, 6.45) is 2.21. The summed E-state index contributed by atoms with van der Waals surface area (Å²) in [5, 5.41) is 0. The zero-order chi connectivity index (χ0) is 19.7. The first-order valence-electron chi connectivity index (χ1n) is 10.0. The van der Waals surface area contributed by atoms with E-state index < -0.39 is 5.54 Å². The monoisotopic (exact) mass is 385 g/mol. The molecule has 0 aliphatic carbocycles. The summed E-state index contributed by atoms with van der Waals surface area (Å²) in [4.78, 5) is 43.5. The van der Waals surface area contributed by atoms with Crippen LogP contribution in [0.4, 0.5) is 5.69 Å². The molecule has 1 atom stereocenters. The van der Waals surface area contributed by atoms with Crippen molar-refractivity contribution in [2.45, 2.75) is 31.7 Å². The largest absolute Gasteiger partial charge is 0.381 e. The molecule has 0 bridgehead atoms. The molecule has 3 aliphatic rings. The van der Waals surface area contributed by atoms with Gasteiger partial charge in [0.1, 0.15) is 6.54 Å². The van der Waals surface area contributed by atoms with Gasteiger partial charge in [0.15, 0.2) is 0 Å². The Kier molecular flexibility index (Phi) is 5.10. The molecule has 1 unspecified atom stereocenters. The zero-order valence-corrected chi connectivity index (χ0v) is 16.3. The maximum atomic E-state index is 13.0. The van der Waals surface area contributed by atoms with E-state index in [-0.39, 0.29) is 30.2 Å². The molecule has 150 valence electrons. The number of ether oxygens (including phenoxy) is 1. The van der Waals surface area contributed by atoms with Crippen LogP contribution in [-0.4, -0.2) is 72.5 Å². The van der Waals surface area contributed by atoms with E-state index in [1.165, 1.54) is 6.92 Å². The minimum atomic E-state index is -0.517. The molecule has 7 nitrogen and oxygen atoms in total. The van der Waals surface area contributed by atoms with Crippen molar-refractivity contribution in [3.63, 3.8) is 0 Å². The lowest BCUT2D eigenvalue weighted by molar-refractivity contribution is -0.144. The van der Waals surface area contributed by atoms with Gasteiger partial charge in [-0.15, -0.1) is 0 Å². The summed E-state index contributed by atoms with van der Waals surface area (Å²) in [7, 11) is 0. The van der Waals surface area contributed by atoms with Crippen LogP contribution < -0.4 is 4.90 Å². The van der Waals surface area contributed by atoms with Crippen LogP contribution in [0.1, 0.15) is 26.2 Å². The maximum Gasteiger partial charge on any atom is 0.246 e. The minimum absolute atomic E-state index is 0.00475. The topological polar surface area (TPSA) is 70.2 Å². The molecule has 1 aromatic rings. The molecule has 3 aliphatic heterocycles. The van der Waals surface area contributed by atoms with Gasteiger partial charge >= 0.3 is 0 Å². The van der Waals surface area contributed by atoms with Gasteiger partial charge in [-0.1, -0.05) is 18.2 Å². The van der Waals surface area contributed by atoms with E-state index >= 15 is 0 Å². The van der Waals surface area contributed by atoms with Crippen LogP contribution in [0.5, 0.6) is 0 Å². The van der Waals surface area contributed by atoms with Crippen molar-refractivity contribution in [3.05, 3.63) is 30.3 Å². The summed E-state index contributed by atoms with van der Waals surface area (Å²) in [6, 6.07) is 9.55. The van der Waals surface area contributed by atoms with Gasteiger partial charge in [0, 0.05) is 44.8 Å². The number of likely N-dealkylation sites (tertiary alicyclic amines) is 1. The lowest BCUT2D eigenvalue weighted by atomic mass is 9.91. The van der Waals surface area contributed by atoms with Crippen LogP contribution in [0, 0.1) is 5.92 Å². The number of benzene rings is 1. The second-order valence-corrected chi connectivity index (χ2v) is 8.04. The SMILES string of the molecule is CC(=O)N1CC(=O)N(c2ccccc2)CC12CCN(C(=O)C1CCOCC1)C2. The van der Waals surface area contributed by atoms with Crippen molar-refractivity contribution < 1.29 is 19.1 Å². The molecular formula is C21H27N3O4. The van der Waals surface area contributed by atoms with Crippen LogP contribution >= 0.6 is 0 Å². The Bertz CT molecular complexity index is 762. The maximum absolute atomic E-state index is 13.0. The van der Waals surface area contributed by atoms with E-state index in [4.69, 9.17) is 4.74 Å². The van der Waals surface area contributed by atoms with Crippen LogP contribution in [0.15, 0.2) is 30.3 Å². The molecule has 0 radical (unpaired) electrons. The Labute approximate surface area is 165 Å². The molecule has 7 heteroatoms. The third kappa shape index (κ3) is 3.39. The van der Waals surface area contributed by atoms with Gasteiger partial charge in [0.25, 0.3) is 0 Å². The summed E-state index contributed by atoms with van der Waals surface area (Å²) in [5.41, 5.74) is 0.320. The number of carbonyl (C=O) groups is 3. The number of hydrogen-bond acceptors (Lipinski definition) is 4. The molecule has 0 saturated carbocycles.